The molecular weight excluding hydrogens is 180 g/mol. The minimum Gasteiger partial charge on any atom is -0.297 e. The fraction of sp³-hybridized carbons (Fsp3) is 0.545. The van der Waals surface area contributed by atoms with Crippen LogP contribution >= 0.6 is 11.3 Å². The molecule has 0 radical (unpaired) electrons. The molecule has 2 heteroatoms. The highest BCUT2D eigenvalue weighted by atomic mass is 32.1. The summed E-state index contributed by atoms with van der Waals surface area (Å²) in [5.41, 5.74) is 3.15. The molecule has 0 saturated carbocycles. The molecule has 1 aromatic rings. The van der Waals surface area contributed by atoms with Gasteiger partial charge < -0.3 is 0 Å². The number of carbonyl (C=O) groups excluding carboxylic acids is 1. The third kappa shape index (κ3) is 1.55. The minimum atomic E-state index is 0.425. The van der Waals surface area contributed by atoms with E-state index >= 15 is 0 Å². The lowest BCUT2D eigenvalue weighted by Crippen LogP contribution is -2.21. The Morgan fingerprint density at radius 1 is 1.54 bits per heavy atom. The molecule has 0 aliphatic heterocycles. The lowest BCUT2D eigenvalue weighted by molar-refractivity contribution is 0.112. The van der Waals surface area contributed by atoms with Gasteiger partial charge in [0.2, 0.25) is 0 Å². The summed E-state index contributed by atoms with van der Waals surface area (Å²) in [5.74, 6) is 0. The van der Waals surface area contributed by atoms with E-state index in [1.165, 1.54) is 17.5 Å². The van der Waals surface area contributed by atoms with Crippen LogP contribution in [0.1, 0.15) is 41.1 Å². The molecule has 1 aliphatic carbocycles. The summed E-state index contributed by atoms with van der Waals surface area (Å²) in [5, 5.41) is 2.15. The van der Waals surface area contributed by atoms with Crippen LogP contribution in [0.15, 0.2) is 5.38 Å². The largest absolute Gasteiger partial charge is 0.297 e. The Hall–Kier alpha value is -0.630. The summed E-state index contributed by atoms with van der Waals surface area (Å²) >= 11 is 1.60. The van der Waals surface area contributed by atoms with Gasteiger partial charge in [0, 0.05) is 0 Å². The molecule has 0 spiro atoms. The van der Waals surface area contributed by atoms with E-state index < -0.39 is 0 Å². The average Bonchev–Trinajstić information content (AvgIpc) is 2.44. The van der Waals surface area contributed by atoms with E-state index in [0.717, 1.165) is 24.0 Å². The van der Waals surface area contributed by atoms with E-state index in [0.29, 0.717) is 5.41 Å². The average molecular weight is 194 g/mol. The summed E-state index contributed by atoms with van der Waals surface area (Å²) in [6, 6.07) is 0. The van der Waals surface area contributed by atoms with Gasteiger partial charge in [0.05, 0.1) is 4.88 Å². The highest BCUT2D eigenvalue weighted by Crippen LogP contribution is 2.37. The molecule has 0 aromatic carbocycles. The molecule has 0 bridgehead atoms. The zero-order valence-corrected chi connectivity index (χ0v) is 8.91. The zero-order chi connectivity index (χ0) is 9.47. The van der Waals surface area contributed by atoms with Crippen LogP contribution in [-0.4, -0.2) is 6.29 Å². The van der Waals surface area contributed by atoms with Gasteiger partial charge in [-0.15, -0.1) is 11.3 Å². The van der Waals surface area contributed by atoms with Crippen molar-refractivity contribution in [3.8, 4) is 0 Å². The summed E-state index contributed by atoms with van der Waals surface area (Å²) < 4.78 is 0. The Kier molecular flexibility index (Phi) is 2.03. The quantitative estimate of drug-likeness (QED) is 0.628. The van der Waals surface area contributed by atoms with Crippen LogP contribution in [-0.2, 0) is 12.8 Å². The van der Waals surface area contributed by atoms with Crippen LogP contribution in [0.25, 0.3) is 0 Å². The fourth-order valence-corrected chi connectivity index (χ4v) is 2.96. The second-order valence-corrected chi connectivity index (χ2v) is 5.47. The van der Waals surface area contributed by atoms with Crippen LogP contribution in [0.5, 0.6) is 0 Å². The van der Waals surface area contributed by atoms with E-state index in [2.05, 4.69) is 19.2 Å². The van der Waals surface area contributed by atoms with Gasteiger partial charge >= 0.3 is 0 Å². The number of rotatable bonds is 1. The van der Waals surface area contributed by atoms with Crippen molar-refractivity contribution in [1.82, 2.24) is 0 Å². The number of aldehydes is 1. The Labute approximate surface area is 82.8 Å². The molecule has 1 nitrogen and oxygen atoms in total. The highest BCUT2D eigenvalue weighted by Gasteiger charge is 2.27. The topological polar surface area (TPSA) is 17.1 Å². The Bertz CT molecular complexity index is 336. The van der Waals surface area contributed by atoms with Crippen molar-refractivity contribution in [2.24, 2.45) is 5.41 Å². The number of fused-ring (bicyclic) bond motifs is 1. The molecule has 0 saturated heterocycles. The molecule has 0 atom stereocenters. The minimum absolute atomic E-state index is 0.425. The summed E-state index contributed by atoms with van der Waals surface area (Å²) in [4.78, 5) is 11.7. The lowest BCUT2D eigenvalue weighted by atomic mass is 9.75. The first kappa shape index (κ1) is 8.95. The lowest BCUT2D eigenvalue weighted by Gasteiger charge is -2.29. The second-order valence-electron chi connectivity index (χ2n) is 4.56. The third-order valence-corrected chi connectivity index (χ3v) is 3.84. The van der Waals surface area contributed by atoms with Crippen molar-refractivity contribution in [2.45, 2.75) is 33.1 Å². The first-order chi connectivity index (χ1) is 6.12. The first-order valence-corrected chi connectivity index (χ1v) is 5.55. The molecular formula is C11H14OS. The molecule has 2 rings (SSSR count). The van der Waals surface area contributed by atoms with Crippen LogP contribution in [0.2, 0.25) is 0 Å². The van der Waals surface area contributed by atoms with Crippen molar-refractivity contribution in [3.05, 3.63) is 21.4 Å². The zero-order valence-electron chi connectivity index (χ0n) is 8.09. The second kappa shape index (κ2) is 2.95. The molecule has 0 N–H and O–H groups in total. The normalized spacial score (nSPS) is 19.5. The monoisotopic (exact) mass is 194 g/mol. The van der Waals surface area contributed by atoms with E-state index in [9.17, 15) is 4.79 Å². The van der Waals surface area contributed by atoms with E-state index in [4.69, 9.17) is 0 Å². The van der Waals surface area contributed by atoms with E-state index in [1.807, 2.05) is 0 Å². The molecule has 0 amide bonds. The van der Waals surface area contributed by atoms with Gasteiger partial charge in [0.1, 0.15) is 0 Å². The fourth-order valence-electron chi connectivity index (χ4n) is 2.03. The Morgan fingerprint density at radius 3 is 3.00 bits per heavy atom. The van der Waals surface area contributed by atoms with Gasteiger partial charge in [0.25, 0.3) is 0 Å². The maximum absolute atomic E-state index is 10.7. The predicted molar refractivity (Wildman–Crippen MR) is 55.5 cm³/mol. The van der Waals surface area contributed by atoms with Crippen molar-refractivity contribution in [3.63, 3.8) is 0 Å². The molecule has 70 valence electrons. The molecule has 1 aromatic heterocycles. The van der Waals surface area contributed by atoms with Crippen molar-refractivity contribution < 1.29 is 4.79 Å². The number of hydrogen-bond donors (Lipinski definition) is 0. The van der Waals surface area contributed by atoms with Crippen LogP contribution < -0.4 is 0 Å². The number of thiophene rings is 1. The smallest absolute Gasteiger partial charge is 0.160 e. The SMILES string of the molecule is CC1(C)CCc2c(csc2C=O)C1. The van der Waals surface area contributed by atoms with Gasteiger partial charge in [-0.25, -0.2) is 0 Å². The molecule has 1 aliphatic rings. The molecule has 0 unspecified atom stereocenters. The Balaban J connectivity index is 2.38. The maximum Gasteiger partial charge on any atom is 0.160 e. The Morgan fingerprint density at radius 2 is 2.31 bits per heavy atom. The third-order valence-electron chi connectivity index (χ3n) is 2.84. The first-order valence-electron chi connectivity index (χ1n) is 4.67. The van der Waals surface area contributed by atoms with Crippen molar-refractivity contribution in [1.29, 1.82) is 0 Å². The van der Waals surface area contributed by atoms with E-state index in [-0.39, 0.29) is 0 Å². The summed E-state index contributed by atoms with van der Waals surface area (Å²) in [7, 11) is 0. The summed E-state index contributed by atoms with van der Waals surface area (Å²) in [6.45, 7) is 4.60. The predicted octanol–water partition coefficient (Wildman–Crippen LogP) is 3.08. The van der Waals surface area contributed by atoms with Crippen LogP contribution in [0.3, 0.4) is 0 Å². The van der Waals surface area contributed by atoms with Gasteiger partial charge in [-0.05, 0) is 41.2 Å². The van der Waals surface area contributed by atoms with Gasteiger partial charge in [-0.2, -0.15) is 0 Å². The number of hydrogen-bond acceptors (Lipinski definition) is 2. The van der Waals surface area contributed by atoms with Gasteiger partial charge in [-0.3, -0.25) is 4.79 Å². The van der Waals surface area contributed by atoms with Gasteiger partial charge in [0.15, 0.2) is 6.29 Å². The summed E-state index contributed by atoms with van der Waals surface area (Å²) in [6.07, 6.45) is 4.42. The van der Waals surface area contributed by atoms with E-state index in [1.54, 1.807) is 11.3 Å². The molecule has 0 fully saturated rings. The van der Waals surface area contributed by atoms with Crippen LogP contribution in [0, 0.1) is 5.41 Å². The van der Waals surface area contributed by atoms with Crippen LogP contribution in [0.4, 0.5) is 0 Å². The molecule has 13 heavy (non-hydrogen) atoms. The standard InChI is InChI=1S/C11H14OS/c1-11(2)4-3-9-8(5-11)7-13-10(9)6-12/h6-7H,3-5H2,1-2H3. The number of carbonyl (C=O) groups is 1. The van der Waals surface area contributed by atoms with Crippen molar-refractivity contribution >= 4 is 17.6 Å². The van der Waals surface area contributed by atoms with Gasteiger partial charge in [-0.1, -0.05) is 13.8 Å². The highest BCUT2D eigenvalue weighted by molar-refractivity contribution is 7.12. The van der Waals surface area contributed by atoms with Crippen molar-refractivity contribution in [2.75, 3.05) is 0 Å². The molecule has 1 heterocycles. The maximum atomic E-state index is 10.7.